The maximum atomic E-state index is 12.4. The van der Waals surface area contributed by atoms with E-state index in [4.69, 9.17) is 0 Å². The first-order valence-corrected chi connectivity index (χ1v) is 7.29. The van der Waals surface area contributed by atoms with E-state index in [1.807, 2.05) is 37.3 Å². The molecule has 21 heavy (non-hydrogen) atoms. The molecule has 1 saturated heterocycles. The van der Waals surface area contributed by atoms with Gasteiger partial charge >= 0.3 is 0 Å². The van der Waals surface area contributed by atoms with Crippen LogP contribution >= 0.6 is 0 Å². The van der Waals surface area contributed by atoms with Crippen LogP contribution in [0.3, 0.4) is 0 Å². The van der Waals surface area contributed by atoms with Crippen molar-refractivity contribution in [2.75, 3.05) is 18.4 Å². The summed E-state index contributed by atoms with van der Waals surface area (Å²) in [4.78, 5) is 12.4. The number of hydrogen-bond donors (Lipinski definition) is 3. The molecule has 1 fully saturated rings. The molecule has 1 aromatic heterocycles. The average Bonchev–Trinajstić information content (AvgIpc) is 3.03. The van der Waals surface area contributed by atoms with Gasteiger partial charge in [-0.1, -0.05) is 12.1 Å². The summed E-state index contributed by atoms with van der Waals surface area (Å²) in [7, 11) is 0. The lowest BCUT2D eigenvalue weighted by atomic mass is 9.82. The predicted octanol–water partition coefficient (Wildman–Crippen LogP) is 2.40. The topological polar surface area (TPSA) is 69.8 Å². The molecule has 1 aliphatic rings. The lowest BCUT2D eigenvalue weighted by Crippen LogP contribution is -2.46. The number of H-pyrrole nitrogens is 1. The second-order valence-electron chi connectivity index (χ2n) is 5.84. The number of rotatable bonds is 3. The summed E-state index contributed by atoms with van der Waals surface area (Å²) in [6, 6.07) is 9.72. The first-order chi connectivity index (χ1) is 10.2. The van der Waals surface area contributed by atoms with E-state index in [2.05, 4.69) is 20.8 Å². The van der Waals surface area contributed by atoms with Crippen molar-refractivity contribution >= 4 is 11.6 Å². The Labute approximate surface area is 124 Å². The zero-order chi connectivity index (χ0) is 14.7. The molecule has 5 nitrogen and oxygen atoms in total. The third-order valence-electron chi connectivity index (χ3n) is 4.10. The minimum atomic E-state index is -0.319. The molecule has 0 saturated carbocycles. The van der Waals surface area contributed by atoms with Gasteiger partial charge in [0.2, 0.25) is 5.91 Å². The van der Waals surface area contributed by atoms with Crippen molar-refractivity contribution in [3.05, 3.63) is 36.5 Å². The molecule has 5 heteroatoms. The van der Waals surface area contributed by atoms with Crippen LogP contribution < -0.4 is 10.6 Å². The van der Waals surface area contributed by atoms with Crippen molar-refractivity contribution in [2.24, 2.45) is 5.41 Å². The Hall–Kier alpha value is -2.14. The summed E-state index contributed by atoms with van der Waals surface area (Å²) in [6.07, 6.45) is 3.70. The van der Waals surface area contributed by atoms with E-state index in [-0.39, 0.29) is 11.3 Å². The molecule has 110 valence electrons. The molecular formula is C16H20N4O. The summed E-state index contributed by atoms with van der Waals surface area (Å²) < 4.78 is 0. The monoisotopic (exact) mass is 284 g/mol. The molecule has 0 aliphatic carbocycles. The maximum absolute atomic E-state index is 12.4. The van der Waals surface area contributed by atoms with Gasteiger partial charge in [-0.25, -0.2) is 0 Å². The normalized spacial score (nSPS) is 22.0. The lowest BCUT2D eigenvalue weighted by molar-refractivity contribution is -0.125. The van der Waals surface area contributed by atoms with Gasteiger partial charge in [0, 0.05) is 18.4 Å². The molecule has 1 aliphatic heterocycles. The third-order valence-corrected chi connectivity index (χ3v) is 4.10. The number of piperidine rings is 1. The number of aromatic nitrogens is 2. The van der Waals surface area contributed by atoms with Gasteiger partial charge in [0.05, 0.1) is 11.1 Å². The van der Waals surface area contributed by atoms with Crippen molar-refractivity contribution in [1.82, 2.24) is 15.5 Å². The fraction of sp³-hybridized carbons (Fsp3) is 0.375. The van der Waals surface area contributed by atoms with Crippen molar-refractivity contribution in [2.45, 2.75) is 19.8 Å². The number of aromatic amines is 1. The van der Waals surface area contributed by atoms with Crippen LogP contribution in [0.4, 0.5) is 5.69 Å². The molecule has 3 rings (SSSR count). The summed E-state index contributed by atoms with van der Waals surface area (Å²) >= 11 is 0. The van der Waals surface area contributed by atoms with Crippen molar-refractivity contribution in [3.63, 3.8) is 0 Å². The number of carbonyl (C=O) groups is 1. The standard InChI is InChI=1S/C16H20N4O/c1-16(8-2-9-17-11-16)15(21)19-13-5-3-12(4-6-13)14-7-10-18-20-14/h3-7,10,17H,2,8-9,11H2,1H3,(H,18,20)(H,19,21). The Kier molecular flexibility index (Phi) is 3.75. The Bertz CT molecular complexity index is 598. The molecule has 1 aromatic carbocycles. The first kappa shape index (κ1) is 13.8. The molecule has 2 aromatic rings. The van der Waals surface area contributed by atoms with Crippen molar-refractivity contribution in [3.8, 4) is 11.3 Å². The number of benzene rings is 1. The highest BCUT2D eigenvalue weighted by molar-refractivity contribution is 5.95. The van der Waals surface area contributed by atoms with Crippen LogP contribution in [0.15, 0.2) is 36.5 Å². The number of carbonyl (C=O) groups excluding carboxylic acids is 1. The lowest BCUT2D eigenvalue weighted by Gasteiger charge is -2.32. The van der Waals surface area contributed by atoms with Crippen LogP contribution in [0, 0.1) is 5.41 Å². The van der Waals surface area contributed by atoms with Gasteiger partial charge in [0.15, 0.2) is 0 Å². The molecule has 2 heterocycles. The summed E-state index contributed by atoms with van der Waals surface area (Å²) in [5.74, 6) is 0.0870. The predicted molar refractivity (Wildman–Crippen MR) is 82.9 cm³/mol. The quantitative estimate of drug-likeness (QED) is 0.810. The van der Waals surface area contributed by atoms with Gasteiger partial charge in [-0.15, -0.1) is 0 Å². The number of nitrogens with zero attached hydrogens (tertiary/aromatic N) is 1. The molecule has 1 amide bonds. The second-order valence-corrected chi connectivity index (χ2v) is 5.84. The van der Waals surface area contributed by atoms with Crippen LogP contribution in [-0.2, 0) is 4.79 Å². The largest absolute Gasteiger partial charge is 0.326 e. The van der Waals surface area contributed by atoms with Gasteiger partial charge < -0.3 is 10.6 Å². The Balaban J connectivity index is 1.69. The van der Waals surface area contributed by atoms with Gasteiger partial charge in [0.1, 0.15) is 0 Å². The number of nitrogens with one attached hydrogen (secondary N) is 3. The van der Waals surface area contributed by atoms with Crippen LogP contribution in [-0.4, -0.2) is 29.2 Å². The Morgan fingerprint density at radius 1 is 1.29 bits per heavy atom. The van der Waals surface area contributed by atoms with Gasteiger partial charge in [-0.05, 0) is 50.1 Å². The summed E-state index contributed by atoms with van der Waals surface area (Å²) in [5.41, 5.74) is 2.53. The molecule has 1 unspecified atom stereocenters. The Morgan fingerprint density at radius 3 is 2.71 bits per heavy atom. The van der Waals surface area contributed by atoms with Gasteiger partial charge in [0.25, 0.3) is 0 Å². The van der Waals surface area contributed by atoms with Crippen molar-refractivity contribution < 1.29 is 4.79 Å². The summed E-state index contributed by atoms with van der Waals surface area (Å²) in [5, 5.41) is 13.2. The van der Waals surface area contributed by atoms with Gasteiger partial charge in [-0.2, -0.15) is 5.10 Å². The maximum Gasteiger partial charge on any atom is 0.231 e. The number of amides is 1. The zero-order valence-electron chi connectivity index (χ0n) is 12.1. The van der Waals surface area contributed by atoms with E-state index < -0.39 is 0 Å². The number of anilines is 1. The van der Waals surface area contributed by atoms with E-state index in [0.29, 0.717) is 0 Å². The Morgan fingerprint density at radius 2 is 2.10 bits per heavy atom. The second kappa shape index (κ2) is 5.69. The highest BCUT2D eigenvalue weighted by atomic mass is 16.2. The van der Waals surface area contributed by atoms with E-state index in [1.165, 1.54) is 0 Å². The number of hydrogen-bond acceptors (Lipinski definition) is 3. The molecule has 0 radical (unpaired) electrons. The van der Waals surface area contributed by atoms with E-state index in [0.717, 1.165) is 42.9 Å². The minimum absolute atomic E-state index is 0.0870. The fourth-order valence-electron chi connectivity index (χ4n) is 2.68. The zero-order valence-corrected chi connectivity index (χ0v) is 12.1. The van der Waals surface area contributed by atoms with Crippen LogP contribution in [0.5, 0.6) is 0 Å². The van der Waals surface area contributed by atoms with E-state index in [9.17, 15) is 4.79 Å². The summed E-state index contributed by atoms with van der Waals surface area (Å²) in [6.45, 7) is 3.76. The van der Waals surface area contributed by atoms with Gasteiger partial charge in [-0.3, -0.25) is 9.89 Å². The SMILES string of the molecule is CC1(C(=O)Nc2ccc(-c3ccn[nH]3)cc2)CCCNC1. The smallest absolute Gasteiger partial charge is 0.231 e. The molecule has 0 bridgehead atoms. The molecule has 0 spiro atoms. The van der Waals surface area contributed by atoms with Crippen LogP contribution in [0.2, 0.25) is 0 Å². The fourth-order valence-corrected chi connectivity index (χ4v) is 2.68. The average molecular weight is 284 g/mol. The molecular weight excluding hydrogens is 264 g/mol. The molecule has 1 atom stereocenters. The van der Waals surface area contributed by atoms with Crippen LogP contribution in [0.25, 0.3) is 11.3 Å². The van der Waals surface area contributed by atoms with E-state index >= 15 is 0 Å². The highest BCUT2D eigenvalue weighted by Gasteiger charge is 2.34. The first-order valence-electron chi connectivity index (χ1n) is 7.29. The minimum Gasteiger partial charge on any atom is -0.326 e. The highest BCUT2D eigenvalue weighted by Crippen LogP contribution is 2.27. The van der Waals surface area contributed by atoms with E-state index in [1.54, 1.807) is 6.20 Å². The third kappa shape index (κ3) is 2.97. The van der Waals surface area contributed by atoms with Crippen molar-refractivity contribution in [1.29, 1.82) is 0 Å². The molecule has 3 N–H and O–H groups in total. The van der Waals surface area contributed by atoms with Crippen LogP contribution in [0.1, 0.15) is 19.8 Å².